The van der Waals surface area contributed by atoms with Crippen LogP contribution in [-0.4, -0.2) is 9.97 Å². The minimum Gasteiger partial charge on any atom is -0.245 e. The van der Waals surface area contributed by atoms with E-state index in [0.29, 0.717) is 4.88 Å². The Morgan fingerprint density at radius 2 is 2.27 bits per heavy atom. The van der Waals surface area contributed by atoms with E-state index in [9.17, 15) is 4.39 Å². The third kappa shape index (κ3) is 2.10. The third-order valence-corrected chi connectivity index (χ3v) is 3.10. The second-order valence-corrected chi connectivity index (χ2v) is 4.05. The fraction of sp³-hybridized carbons (Fsp3) is 0.0909. The van der Waals surface area contributed by atoms with E-state index in [-0.39, 0.29) is 0 Å². The molecular weight excluding hydrogens is 211 g/mol. The van der Waals surface area contributed by atoms with Crippen LogP contribution >= 0.6 is 11.3 Å². The van der Waals surface area contributed by atoms with E-state index >= 15 is 0 Å². The highest BCUT2D eigenvalue weighted by molar-refractivity contribution is 7.15. The average Bonchev–Trinajstić information content (AvgIpc) is 2.78. The third-order valence-electron chi connectivity index (χ3n) is 1.94. The quantitative estimate of drug-likeness (QED) is 0.741. The Hall–Kier alpha value is -1.55. The van der Waals surface area contributed by atoms with Gasteiger partial charge in [0.1, 0.15) is 6.33 Å². The van der Waals surface area contributed by atoms with Crippen LogP contribution < -0.4 is 0 Å². The Kier molecular flexibility index (Phi) is 2.87. The Balaban J connectivity index is 2.32. The van der Waals surface area contributed by atoms with Gasteiger partial charge in [-0.1, -0.05) is 12.7 Å². The molecule has 2 heterocycles. The number of thiophene rings is 1. The van der Waals surface area contributed by atoms with Gasteiger partial charge in [-0.15, -0.1) is 11.3 Å². The summed E-state index contributed by atoms with van der Waals surface area (Å²) < 4.78 is 13.3. The van der Waals surface area contributed by atoms with Crippen LogP contribution in [0.2, 0.25) is 0 Å². The first-order valence-electron chi connectivity index (χ1n) is 4.44. The zero-order valence-electron chi connectivity index (χ0n) is 7.93. The van der Waals surface area contributed by atoms with Crippen molar-refractivity contribution in [1.82, 2.24) is 9.97 Å². The molecule has 0 spiro atoms. The molecule has 0 fully saturated rings. The summed E-state index contributed by atoms with van der Waals surface area (Å²) in [6.07, 6.45) is 3.35. The van der Waals surface area contributed by atoms with Crippen molar-refractivity contribution in [3.8, 4) is 10.6 Å². The number of hydrogen-bond donors (Lipinski definition) is 0. The molecule has 1 atom stereocenters. The summed E-state index contributed by atoms with van der Waals surface area (Å²) in [5.74, 6) is 0. The zero-order valence-corrected chi connectivity index (χ0v) is 8.75. The molecule has 0 aromatic carbocycles. The maximum Gasteiger partial charge on any atom is 0.152 e. The highest BCUT2D eigenvalue weighted by atomic mass is 32.1. The van der Waals surface area contributed by atoms with Gasteiger partial charge < -0.3 is 0 Å². The van der Waals surface area contributed by atoms with Crippen molar-refractivity contribution >= 4 is 11.3 Å². The lowest BCUT2D eigenvalue weighted by molar-refractivity contribution is 0.421. The molecule has 15 heavy (non-hydrogen) atoms. The number of hydrogen-bond acceptors (Lipinski definition) is 3. The van der Waals surface area contributed by atoms with E-state index in [2.05, 4.69) is 16.5 Å². The number of aromatic nitrogens is 2. The molecule has 0 N–H and O–H groups in total. The summed E-state index contributed by atoms with van der Waals surface area (Å²) in [6.45, 7) is 3.43. The van der Waals surface area contributed by atoms with Crippen molar-refractivity contribution < 1.29 is 4.39 Å². The summed E-state index contributed by atoms with van der Waals surface area (Å²) >= 11 is 1.38. The summed E-state index contributed by atoms with van der Waals surface area (Å²) in [7, 11) is 0. The fourth-order valence-corrected chi connectivity index (χ4v) is 2.15. The van der Waals surface area contributed by atoms with Crippen molar-refractivity contribution in [3.05, 3.63) is 48.3 Å². The number of halogens is 1. The first kappa shape index (κ1) is 9.98. The van der Waals surface area contributed by atoms with Gasteiger partial charge in [-0.3, -0.25) is 0 Å². The molecule has 1 unspecified atom stereocenters. The smallest absolute Gasteiger partial charge is 0.152 e. The van der Waals surface area contributed by atoms with Crippen LogP contribution in [0.4, 0.5) is 4.39 Å². The number of alkyl halides is 1. The van der Waals surface area contributed by atoms with E-state index < -0.39 is 6.17 Å². The molecule has 4 heteroatoms. The van der Waals surface area contributed by atoms with Gasteiger partial charge in [-0.25, -0.2) is 14.4 Å². The summed E-state index contributed by atoms with van der Waals surface area (Å²) in [6, 6.07) is 5.42. The Morgan fingerprint density at radius 1 is 1.40 bits per heavy atom. The number of rotatable bonds is 3. The number of nitrogens with zero attached hydrogens (tertiary/aromatic N) is 2. The van der Waals surface area contributed by atoms with Gasteiger partial charge >= 0.3 is 0 Å². The molecule has 0 bridgehead atoms. The molecule has 76 valence electrons. The van der Waals surface area contributed by atoms with Crippen LogP contribution in [0.1, 0.15) is 11.0 Å². The van der Waals surface area contributed by atoms with Crippen molar-refractivity contribution in [2.75, 3.05) is 0 Å². The highest BCUT2D eigenvalue weighted by Crippen LogP contribution is 2.31. The van der Waals surface area contributed by atoms with Gasteiger partial charge in [0.05, 0.1) is 10.6 Å². The van der Waals surface area contributed by atoms with Gasteiger partial charge in [-0.2, -0.15) is 0 Å². The molecule has 0 amide bonds. The SMILES string of the molecule is C=CC(F)c1ccc(-c2ccncn2)s1. The monoisotopic (exact) mass is 220 g/mol. The van der Waals surface area contributed by atoms with Gasteiger partial charge in [0.15, 0.2) is 6.17 Å². The molecular formula is C11H9FN2S. The fourth-order valence-electron chi connectivity index (χ4n) is 1.19. The van der Waals surface area contributed by atoms with E-state index in [1.54, 1.807) is 18.3 Å². The molecule has 0 saturated heterocycles. The maximum atomic E-state index is 13.3. The van der Waals surface area contributed by atoms with Crippen molar-refractivity contribution in [1.29, 1.82) is 0 Å². The summed E-state index contributed by atoms with van der Waals surface area (Å²) in [5.41, 5.74) is 0.817. The minimum atomic E-state index is -1.09. The minimum absolute atomic E-state index is 0.651. The lowest BCUT2D eigenvalue weighted by atomic mass is 10.3. The molecule has 0 radical (unpaired) electrons. The normalized spacial score (nSPS) is 12.3. The molecule has 2 nitrogen and oxygen atoms in total. The largest absolute Gasteiger partial charge is 0.245 e. The van der Waals surface area contributed by atoms with Gasteiger partial charge in [0.25, 0.3) is 0 Å². The molecule has 2 aromatic heterocycles. The predicted molar refractivity (Wildman–Crippen MR) is 59.4 cm³/mol. The topological polar surface area (TPSA) is 25.8 Å². The van der Waals surface area contributed by atoms with Gasteiger partial charge in [0.2, 0.25) is 0 Å². The van der Waals surface area contributed by atoms with Gasteiger partial charge in [0, 0.05) is 11.1 Å². The molecule has 0 aliphatic carbocycles. The maximum absolute atomic E-state index is 13.3. The highest BCUT2D eigenvalue weighted by Gasteiger charge is 2.09. The van der Waals surface area contributed by atoms with Crippen LogP contribution in [-0.2, 0) is 0 Å². The summed E-state index contributed by atoms with van der Waals surface area (Å²) in [4.78, 5) is 9.52. The Morgan fingerprint density at radius 3 is 2.93 bits per heavy atom. The lowest BCUT2D eigenvalue weighted by Crippen LogP contribution is -1.80. The lowest BCUT2D eigenvalue weighted by Gasteiger charge is -1.96. The van der Waals surface area contributed by atoms with Crippen molar-refractivity contribution in [2.24, 2.45) is 0 Å². The van der Waals surface area contributed by atoms with E-state index in [0.717, 1.165) is 10.6 Å². The molecule has 0 aliphatic rings. The first-order valence-corrected chi connectivity index (χ1v) is 5.25. The Labute approximate surface area is 91.1 Å². The second kappa shape index (κ2) is 4.31. The van der Waals surface area contributed by atoms with Gasteiger partial charge in [-0.05, 0) is 18.2 Å². The second-order valence-electron chi connectivity index (χ2n) is 2.93. The van der Waals surface area contributed by atoms with E-state index in [1.165, 1.54) is 23.7 Å². The molecule has 0 aliphatic heterocycles. The van der Waals surface area contributed by atoms with E-state index in [4.69, 9.17) is 0 Å². The molecule has 0 saturated carbocycles. The van der Waals surface area contributed by atoms with Crippen LogP contribution in [0.25, 0.3) is 10.6 Å². The predicted octanol–water partition coefficient (Wildman–Crippen LogP) is 3.40. The molecule has 2 rings (SSSR count). The number of allylic oxidation sites excluding steroid dienone is 1. The zero-order chi connectivity index (χ0) is 10.7. The molecule has 2 aromatic rings. The summed E-state index contributed by atoms with van der Waals surface area (Å²) in [5, 5.41) is 0. The van der Waals surface area contributed by atoms with E-state index in [1.807, 2.05) is 6.07 Å². The van der Waals surface area contributed by atoms with Crippen LogP contribution in [0.15, 0.2) is 43.4 Å². The standard InChI is InChI=1S/C11H9FN2S/c1-2-8(12)10-3-4-11(15-10)9-5-6-13-7-14-9/h2-8H,1H2. The van der Waals surface area contributed by atoms with Crippen LogP contribution in [0.5, 0.6) is 0 Å². The average molecular weight is 220 g/mol. The Bertz CT molecular complexity index is 453. The van der Waals surface area contributed by atoms with Crippen LogP contribution in [0.3, 0.4) is 0 Å². The van der Waals surface area contributed by atoms with Crippen LogP contribution in [0, 0.1) is 0 Å². The van der Waals surface area contributed by atoms with Crippen molar-refractivity contribution in [3.63, 3.8) is 0 Å². The first-order chi connectivity index (χ1) is 7.31. The van der Waals surface area contributed by atoms with Crippen molar-refractivity contribution in [2.45, 2.75) is 6.17 Å².